The Labute approximate surface area is 202 Å². The highest BCUT2D eigenvalue weighted by Gasteiger charge is 2.40. The molecular weight excluding hydrogens is 492 g/mol. The molecule has 4 rings (SSSR count). The maximum atomic E-state index is 13.4. The molecular formula is C23H23F6N5O2. The van der Waals surface area contributed by atoms with Crippen molar-refractivity contribution in [2.45, 2.75) is 31.6 Å². The molecule has 2 amide bonds. The molecule has 1 aliphatic heterocycles. The molecule has 0 bridgehead atoms. The third-order valence-electron chi connectivity index (χ3n) is 6.19. The van der Waals surface area contributed by atoms with Crippen LogP contribution in [0.3, 0.4) is 0 Å². The summed E-state index contributed by atoms with van der Waals surface area (Å²) >= 11 is 0. The molecule has 1 aromatic heterocycles. The Kier molecular flexibility index (Phi) is 7.10. The third-order valence-corrected chi connectivity index (χ3v) is 6.19. The van der Waals surface area contributed by atoms with Crippen molar-refractivity contribution in [1.82, 2.24) is 20.4 Å². The van der Waals surface area contributed by atoms with Crippen LogP contribution in [-0.4, -0.2) is 59.6 Å². The number of hydrogen-bond donors (Lipinski definition) is 1. The van der Waals surface area contributed by atoms with Crippen molar-refractivity contribution >= 4 is 17.6 Å². The molecule has 0 unspecified atom stereocenters. The molecule has 2 heterocycles. The van der Waals surface area contributed by atoms with Crippen LogP contribution in [0, 0.1) is 5.92 Å². The van der Waals surface area contributed by atoms with Gasteiger partial charge in [0.1, 0.15) is 0 Å². The minimum absolute atomic E-state index is 0.0300. The Bertz CT molecular complexity index is 1110. The molecule has 2 fully saturated rings. The minimum Gasteiger partial charge on any atom is -0.352 e. The van der Waals surface area contributed by atoms with Gasteiger partial charge < -0.3 is 15.1 Å². The summed E-state index contributed by atoms with van der Waals surface area (Å²) in [4.78, 5) is 27.8. The fourth-order valence-corrected chi connectivity index (χ4v) is 3.95. The fourth-order valence-electron chi connectivity index (χ4n) is 3.95. The standard InChI is InChI=1S/C23H23F6N5O2/c24-22(25,26)15-3-4-16(17(13-15)23(27,28)29)21(36)34-11-9-33(10-12-34)19-6-5-18(31-32-19)20(35)30-8-7-14-1-2-14/h3-6,13-14H,1-2,7-12H2,(H,30,35). The molecule has 194 valence electrons. The van der Waals surface area contributed by atoms with Gasteiger partial charge in [0.15, 0.2) is 11.5 Å². The van der Waals surface area contributed by atoms with Crippen LogP contribution in [0.2, 0.25) is 0 Å². The van der Waals surface area contributed by atoms with Crippen molar-refractivity contribution in [3.05, 3.63) is 52.7 Å². The molecule has 0 spiro atoms. The van der Waals surface area contributed by atoms with Gasteiger partial charge in [0, 0.05) is 32.7 Å². The largest absolute Gasteiger partial charge is 0.417 e. The normalized spacial score (nSPS) is 16.7. The highest BCUT2D eigenvalue weighted by Crippen LogP contribution is 2.38. The zero-order chi connectivity index (χ0) is 26.1. The van der Waals surface area contributed by atoms with Crippen LogP contribution in [0.4, 0.5) is 32.2 Å². The highest BCUT2D eigenvalue weighted by molar-refractivity contribution is 5.96. The number of nitrogens with one attached hydrogen (secondary N) is 1. The first-order valence-corrected chi connectivity index (χ1v) is 11.4. The van der Waals surface area contributed by atoms with Gasteiger partial charge in [-0.2, -0.15) is 26.3 Å². The maximum Gasteiger partial charge on any atom is 0.417 e. The summed E-state index contributed by atoms with van der Waals surface area (Å²) in [6.07, 6.45) is -6.79. The van der Waals surface area contributed by atoms with Crippen LogP contribution in [0.25, 0.3) is 0 Å². The van der Waals surface area contributed by atoms with E-state index in [4.69, 9.17) is 0 Å². The molecule has 0 radical (unpaired) electrons. The number of anilines is 1. The van der Waals surface area contributed by atoms with Gasteiger partial charge in [-0.05, 0) is 42.7 Å². The van der Waals surface area contributed by atoms with Gasteiger partial charge in [-0.1, -0.05) is 12.8 Å². The molecule has 0 atom stereocenters. The van der Waals surface area contributed by atoms with E-state index in [-0.39, 0.29) is 43.8 Å². The van der Waals surface area contributed by atoms with Crippen molar-refractivity contribution < 1.29 is 35.9 Å². The Morgan fingerprint density at radius 2 is 1.61 bits per heavy atom. The van der Waals surface area contributed by atoms with Crippen molar-refractivity contribution in [3.63, 3.8) is 0 Å². The van der Waals surface area contributed by atoms with Crippen molar-refractivity contribution in [2.24, 2.45) is 5.92 Å². The summed E-state index contributed by atoms with van der Waals surface area (Å²) in [6.45, 7) is 1.06. The number of carbonyl (C=O) groups excluding carboxylic acids is 2. The van der Waals surface area contributed by atoms with Crippen LogP contribution in [-0.2, 0) is 12.4 Å². The lowest BCUT2D eigenvalue weighted by atomic mass is 10.0. The second kappa shape index (κ2) is 9.94. The number of rotatable bonds is 6. The summed E-state index contributed by atoms with van der Waals surface area (Å²) in [7, 11) is 0. The first-order chi connectivity index (χ1) is 16.9. The molecule has 1 N–H and O–H groups in total. The van der Waals surface area contributed by atoms with E-state index >= 15 is 0 Å². The lowest BCUT2D eigenvalue weighted by Gasteiger charge is -2.35. The fraction of sp³-hybridized carbons (Fsp3) is 0.478. The average Bonchev–Trinajstić information content (AvgIpc) is 3.67. The van der Waals surface area contributed by atoms with Gasteiger partial charge in [0.25, 0.3) is 11.8 Å². The molecule has 2 aliphatic rings. The van der Waals surface area contributed by atoms with E-state index in [2.05, 4.69) is 15.5 Å². The zero-order valence-electron chi connectivity index (χ0n) is 19.0. The lowest BCUT2D eigenvalue weighted by molar-refractivity contribution is -0.143. The molecule has 13 heteroatoms. The second-order valence-corrected chi connectivity index (χ2v) is 8.80. The number of alkyl halides is 6. The minimum atomic E-state index is -5.13. The number of carbonyl (C=O) groups is 2. The quantitative estimate of drug-likeness (QED) is 0.589. The summed E-state index contributed by atoms with van der Waals surface area (Å²) in [5.74, 6) is -0.215. The number of halogens is 6. The van der Waals surface area contributed by atoms with Crippen molar-refractivity contribution in [1.29, 1.82) is 0 Å². The van der Waals surface area contributed by atoms with E-state index in [0.717, 1.165) is 11.3 Å². The van der Waals surface area contributed by atoms with Gasteiger partial charge in [0.2, 0.25) is 0 Å². The van der Waals surface area contributed by atoms with Gasteiger partial charge in [0.05, 0.1) is 16.7 Å². The first-order valence-electron chi connectivity index (χ1n) is 11.4. The van der Waals surface area contributed by atoms with E-state index < -0.39 is 35.0 Å². The number of benzene rings is 1. The molecule has 1 saturated heterocycles. The lowest BCUT2D eigenvalue weighted by Crippen LogP contribution is -2.49. The SMILES string of the molecule is O=C(NCCC1CC1)c1ccc(N2CCN(C(=O)c3ccc(C(F)(F)F)cc3C(F)(F)F)CC2)nn1. The summed E-state index contributed by atoms with van der Waals surface area (Å²) in [5, 5.41) is 10.8. The topological polar surface area (TPSA) is 78.4 Å². The van der Waals surface area contributed by atoms with Gasteiger partial charge >= 0.3 is 12.4 Å². The Hall–Kier alpha value is -3.38. The maximum absolute atomic E-state index is 13.4. The van der Waals surface area contributed by atoms with Crippen LogP contribution in [0.5, 0.6) is 0 Å². The summed E-state index contributed by atoms with van der Waals surface area (Å²) in [5.41, 5.74) is -3.78. The molecule has 1 saturated carbocycles. The Balaban J connectivity index is 1.37. The van der Waals surface area contributed by atoms with Gasteiger partial charge in [-0.25, -0.2) is 0 Å². The summed E-state index contributed by atoms with van der Waals surface area (Å²) < 4.78 is 79.0. The molecule has 1 aromatic carbocycles. The predicted molar refractivity (Wildman–Crippen MR) is 116 cm³/mol. The van der Waals surface area contributed by atoms with Crippen LogP contribution >= 0.6 is 0 Å². The van der Waals surface area contributed by atoms with E-state index in [9.17, 15) is 35.9 Å². The van der Waals surface area contributed by atoms with Crippen molar-refractivity contribution in [3.8, 4) is 0 Å². The van der Waals surface area contributed by atoms with E-state index in [1.807, 2.05) is 0 Å². The number of nitrogens with zero attached hydrogens (tertiary/aromatic N) is 4. The number of amides is 2. The Morgan fingerprint density at radius 3 is 2.17 bits per heavy atom. The van der Waals surface area contributed by atoms with E-state index in [0.29, 0.717) is 30.4 Å². The van der Waals surface area contributed by atoms with Crippen LogP contribution in [0.15, 0.2) is 30.3 Å². The first kappa shape index (κ1) is 25.7. The monoisotopic (exact) mass is 515 g/mol. The molecule has 2 aromatic rings. The molecule has 1 aliphatic carbocycles. The summed E-state index contributed by atoms with van der Waals surface area (Å²) in [6, 6.07) is 4.11. The predicted octanol–water partition coefficient (Wildman–Crippen LogP) is 4.01. The zero-order valence-corrected chi connectivity index (χ0v) is 19.0. The average molecular weight is 515 g/mol. The van der Waals surface area contributed by atoms with Crippen LogP contribution < -0.4 is 10.2 Å². The number of piperazine rings is 1. The second-order valence-electron chi connectivity index (χ2n) is 8.80. The number of hydrogen-bond acceptors (Lipinski definition) is 5. The van der Waals surface area contributed by atoms with E-state index in [1.54, 1.807) is 11.0 Å². The highest BCUT2D eigenvalue weighted by atomic mass is 19.4. The van der Waals surface area contributed by atoms with E-state index in [1.165, 1.54) is 18.9 Å². The van der Waals surface area contributed by atoms with Crippen molar-refractivity contribution in [2.75, 3.05) is 37.6 Å². The van der Waals surface area contributed by atoms with Gasteiger partial charge in [-0.15, -0.1) is 10.2 Å². The third kappa shape index (κ3) is 6.05. The molecule has 36 heavy (non-hydrogen) atoms. The smallest absolute Gasteiger partial charge is 0.352 e. The number of aromatic nitrogens is 2. The van der Waals surface area contributed by atoms with Crippen LogP contribution in [0.1, 0.15) is 51.2 Å². The Morgan fingerprint density at radius 1 is 0.917 bits per heavy atom. The molecule has 7 nitrogen and oxygen atoms in total. The van der Waals surface area contributed by atoms with Gasteiger partial charge in [-0.3, -0.25) is 9.59 Å².